The first-order chi connectivity index (χ1) is 10.9. The van der Waals surface area contributed by atoms with Gasteiger partial charge in [-0.1, -0.05) is 28.1 Å². The zero-order chi connectivity index (χ0) is 16.6. The summed E-state index contributed by atoms with van der Waals surface area (Å²) in [5.41, 5.74) is 0.440. The molecular weight excluding hydrogens is 391 g/mol. The van der Waals surface area contributed by atoms with Gasteiger partial charge in [0.2, 0.25) is 5.91 Å². The largest absolute Gasteiger partial charge is 0.416 e. The number of rotatable bonds is 2. The Labute approximate surface area is 143 Å². The van der Waals surface area contributed by atoms with E-state index in [1.165, 1.54) is 17.8 Å². The molecule has 1 aliphatic rings. The van der Waals surface area contributed by atoms with Crippen LogP contribution in [0, 0.1) is 0 Å². The van der Waals surface area contributed by atoms with E-state index in [-0.39, 0.29) is 11.7 Å². The van der Waals surface area contributed by atoms with Crippen LogP contribution in [0.25, 0.3) is 0 Å². The van der Waals surface area contributed by atoms with Gasteiger partial charge < -0.3 is 0 Å². The molecular formula is C16H11BrF3NOS. The minimum absolute atomic E-state index is 0.111. The molecule has 0 spiro atoms. The summed E-state index contributed by atoms with van der Waals surface area (Å²) in [6, 6.07) is 12.3. The molecule has 0 aromatic heterocycles. The predicted octanol–water partition coefficient (Wildman–Crippen LogP) is 5.25. The fourth-order valence-electron chi connectivity index (χ4n) is 2.42. The van der Waals surface area contributed by atoms with E-state index >= 15 is 0 Å². The minimum atomic E-state index is -4.40. The van der Waals surface area contributed by atoms with Crippen molar-refractivity contribution in [3.8, 4) is 0 Å². The predicted molar refractivity (Wildman–Crippen MR) is 88.3 cm³/mol. The molecule has 1 aliphatic heterocycles. The van der Waals surface area contributed by atoms with Gasteiger partial charge in [0.25, 0.3) is 0 Å². The lowest BCUT2D eigenvalue weighted by Gasteiger charge is -2.25. The van der Waals surface area contributed by atoms with Gasteiger partial charge in [0.15, 0.2) is 0 Å². The summed E-state index contributed by atoms with van der Waals surface area (Å²) in [5, 5.41) is -0.453. The molecule has 1 unspecified atom stereocenters. The van der Waals surface area contributed by atoms with Crippen LogP contribution < -0.4 is 4.90 Å². The van der Waals surface area contributed by atoms with E-state index in [0.717, 1.165) is 16.6 Å². The number of anilines is 1. The van der Waals surface area contributed by atoms with Gasteiger partial charge in [0.05, 0.1) is 11.3 Å². The van der Waals surface area contributed by atoms with E-state index in [0.29, 0.717) is 11.3 Å². The topological polar surface area (TPSA) is 20.3 Å². The lowest BCUT2D eigenvalue weighted by atomic mass is 10.1. The number of hydrogen-bond donors (Lipinski definition) is 0. The Balaban J connectivity index is 1.98. The summed E-state index contributed by atoms with van der Waals surface area (Å²) in [6.07, 6.45) is -4.40. The second kappa shape index (κ2) is 6.20. The summed E-state index contributed by atoms with van der Waals surface area (Å²) in [5.74, 6) is 0.136. The second-order valence-corrected chi connectivity index (χ2v) is 7.01. The Bertz CT molecular complexity index is 733. The van der Waals surface area contributed by atoms with Crippen molar-refractivity contribution in [3.63, 3.8) is 0 Å². The van der Waals surface area contributed by atoms with Gasteiger partial charge in [-0.05, 0) is 42.0 Å². The van der Waals surface area contributed by atoms with Crippen molar-refractivity contribution in [2.24, 2.45) is 0 Å². The highest BCUT2D eigenvalue weighted by molar-refractivity contribution is 9.10. The maximum atomic E-state index is 12.9. The number of amides is 1. The van der Waals surface area contributed by atoms with E-state index in [2.05, 4.69) is 15.9 Å². The molecule has 23 heavy (non-hydrogen) atoms. The van der Waals surface area contributed by atoms with Gasteiger partial charge in [-0.2, -0.15) is 13.2 Å². The average molecular weight is 402 g/mol. The maximum Gasteiger partial charge on any atom is 0.416 e. The van der Waals surface area contributed by atoms with Crippen LogP contribution in [0.1, 0.15) is 16.5 Å². The van der Waals surface area contributed by atoms with E-state index in [4.69, 9.17) is 0 Å². The van der Waals surface area contributed by atoms with Crippen LogP contribution in [0.15, 0.2) is 53.0 Å². The Morgan fingerprint density at radius 3 is 2.48 bits per heavy atom. The summed E-state index contributed by atoms with van der Waals surface area (Å²) in [7, 11) is 0. The highest BCUT2D eigenvalue weighted by Crippen LogP contribution is 2.43. The molecule has 7 heteroatoms. The number of carbonyl (C=O) groups excluding carboxylic acids is 1. The number of benzene rings is 2. The van der Waals surface area contributed by atoms with Crippen molar-refractivity contribution in [1.29, 1.82) is 0 Å². The fraction of sp³-hybridized carbons (Fsp3) is 0.188. The molecule has 2 aromatic carbocycles. The molecule has 1 heterocycles. The molecule has 2 nitrogen and oxygen atoms in total. The van der Waals surface area contributed by atoms with Crippen molar-refractivity contribution >= 4 is 39.3 Å². The molecule has 1 atom stereocenters. The zero-order valence-electron chi connectivity index (χ0n) is 11.7. The molecule has 1 fully saturated rings. The van der Waals surface area contributed by atoms with Crippen molar-refractivity contribution in [1.82, 2.24) is 0 Å². The zero-order valence-corrected chi connectivity index (χ0v) is 14.1. The molecule has 0 bridgehead atoms. The summed E-state index contributed by atoms with van der Waals surface area (Å²) in [4.78, 5) is 13.7. The maximum absolute atomic E-state index is 12.9. The molecule has 3 rings (SSSR count). The van der Waals surface area contributed by atoms with Crippen LogP contribution in [0.2, 0.25) is 0 Å². The standard InChI is InChI=1S/C16H11BrF3NOS/c17-12-4-6-13(7-5-12)21-14(22)9-23-15(21)10-2-1-3-11(8-10)16(18,19)20/h1-8,15H,9H2. The summed E-state index contributed by atoms with van der Waals surface area (Å²) in [6.45, 7) is 0. The third-order valence-electron chi connectivity index (χ3n) is 3.47. The summed E-state index contributed by atoms with van der Waals surface area (Å²) >= 11 is 4.65. The Morgan fingerprint density at radius 1 is 1.13 bits per heavy atom. The van der Waals surface area contributed by atoms with Crippen molar-refractivity contribution in [2.75, 3.05) is 10.7 Å². The third-order valence-corrected chi connectivity index (χ3v) is 5.21. The molecule has 0 N–H and O–H groups in total. The average Bonchev–Trinajstić information content (AvgIpc) is 2.89. The Morgan fingerprint density at radius 2 is 1.83 bits per heavy atom. The number of hydrogen-bond acceptors (Lipinski definition) is 2. The van der Waals surface area contributed by atoms with Crippen LogP contribution in [0.3, 0.4) is 0 Å². The second-order valence-electron chi connectivity index (χ2n) is 5.03. The van der Waals surface area contributed by atoms with Gasteiger partial charge in [-0.15, -0.1) is 11.8 Å². The van der Waals surface area contributed by atoms with E-state index < -0.39 is 17.1 Å². The van der Waals surface area contributed by atoms with Crippen molar-refractivity contribution in [2.45, 2.75) is 11.6 Å². The highest BCUT2D eigenvalue weighted by atomic mass is 79.9. The number of nitrogens with zero attached hydrogens (tertiary/aromatic N) is 1. The number of alkyl halides is 3. The molecule has 0 radical (unpaired) electrons. The molecule has 0 aliphatic carbocycles. The van der Waals surface area contributed by atoms with Gasteiger partial charge in [0, 0.05) is 10.2 Å². The normalized spacial score (nSPS) is 18.5. The molecule has 120 valence electrons. The first kappa shape index (κ1) is 16.4. The SMILES string of the molecule is O=C1CSC(c2cccc(C(F)(F)F)c2)N1c1ccc(Br)cc1. The Kier molecular flexibility index (Phi) is 4.42. The van der Waals surface area contributed by atoms with E-state index in [1.54, 1.807) is 35.2 Å². The van der Waals surface area contributed by atoms with Crippen LogP contribution in [-0.2, 0) is 11.0 Å². The number of thioether (sulfide) groups is 1. The number of halogens is 4. The fourth-order valence-corrected chi connectivity index (χ4v) is 3.85. The molecule has 0 saturated carbocycles. The molecule has 1 saturated heterocycles. The lowest BCUT2D eigenvalue weighted by Crippen LogP contribution is -2.27. The Hall–Kier alpha value is -1.47. The van der Waals surface area contributed by atoms with Crippen LogP contribution in [0.4, 0.5) is 18.9 Å². The third kappa shape index (κ3) is 3.40. The minimum Gasteiger partial charge on any atom is -0.295 e. The first-order valence-electron chi connectivity index (χ1n) is 6.72. The smallest absolute Gasteiger partial charge is 0.295 e. The van der Waals surface area contributed by atoms with Crippen LogP contribution in [-0.4, -0.2) is 11.7 Å². The number of carbonyl (C=O) groups is 1. The van der Waals surface area contributed by atoms with Gasteiger partial charge in [0.1, 0.15) is 5.37 Å². The van der Waals surface area contributed by atoms with Crippen molar-refractivity contribution in [3.05, 3.63) is 64.1 Å². The van der Waals surface area contributed by atoms with Crippen LogP contribution >= 0.6 is 27.7 Å². The van der Waals surface area contributed by atoms with Gasteiger partial charge in [-0.3, -0.25) is 9.69 Å². The monoisotopic (exact) mass is 401 g/mol. The quantitative estimate of drug-likeness (QED) is 0.684. The first-order valence-corrected chi connectivity index (χ1v) is 8.57. The lowest BCUT2D eigenvalue weighted by molar-refractivity contribution is -0.137. The molecule has 2 aromatic rings. The van der Waals surface area contributed by atoms with Gasteiger partial charge >= 0.3 is 6.18 Å². The highest BCUT2D eigenvalue weighted by Gasteiger charge is 2.36. The van der Waals surface area contributed by atoms with Crippen LogP contribution in [0.5, 0.6) is 0 Å². The van der Waals surface area contributed by atoms with E-state index in [1.807, 2.05) is 0 Å². The van der Waals surface area contributed by atoms with Gasteiger partial charge in [-0.25, -0.2) is 0 Å². The summed E-state index contributed by atoms with van der Waals surface area (Å²) < 4.78 is 39.6. The van der Waals surface area contributed by atoms with Crippen molar-refractivity contribution < 1.29 is 18.0 Å². The molecule has 1 amide bonds. The van der Waals surface area contributed by atoms with E-state index in [9.17, 15) is 18.0 Å².